The molecule has 2 aromatic rings. The summed E-state index contributed by atoms with van der Waals surface area (Å²) in [6.07, 6.45) is 0.641. The van der Waals surface area contributed by atoms with Crippen molar-refractivity contribution in [2.24, 2.45) is 0 Å². The molecule has 0 aliphatic rings. The third-order valence-electron chi connectivity index (χ3n) is 2.88. The van der Waals surface area contributed by atoms with Crippen LogP contribution in [0.2, 0.25) is 5.02 Å². The van der Waals surface area contributed by atoms with Crippen LogP contribution in [0, 0.1) is 5.82 Å². The molecule has 0 radical (unpaired) electrons. The van der Waals surface area contributed by atoms with Crippen LogP contribution in [0.15, 0.2) is 23.6 Å². The molecule has 5 heteroatoms. The zero-order valence-electron chi connectivity index (χ0n) is 10.9. The average molecular weight is 299 g/mol. The third kappa shape index (κ3) is 3.75. The van der Waals surface area contributed by atoms with Crippen LogP contribution in [-0.2, 0) is 6.42 Å². The van der Waals surface area contributed by atoms with E-state index < -0.39 is 0 Å². The fraction of sp³-hybridized carbons (Fsp3) is 0.357. The molecule has 0 aliphatic carbocycles. The molecule has 1 aromatic carbocycles. The lowest BCUT2D eigenvalue weighted by Crippen LogP contribution is -2.17. The molecule has 2 nitrogen and oxygen atoms in total. The molecular weight excluding hydrogens is 283 g/mol. The van der Waals surface area contributed by atoms with Crippen molar-refractivity contribution in [3.8, 4) is 0 Å². The molecule has 0 saturated carbocycles. The van der Waals surface area contributed by atoms with Crippen LogP contribution in [0.1, 0.15) is 36.2 Å². The van der Waals surface area contributed by atoms with Crippen LogP contribution in [-0.4, -0.2) is 11.5 Å². The lowest BCUT2D eigenvalue weighted by Gasteiger charge is -2.08. The van der Waals surface area contributed by atoms with Crippen LogP contribution < -0.4 is 5.32 Å². The monoisotopic (exact) mass is 298 g/mol. The molecule has 1 aromatic heterocycles. The van der Waals surface area contributed by atoms with E-state index in [0.717, 1.165) is 22.8 Å². The Kier molecular flexibility index (Phi) is 4.91. The maximum Gasteiger partial charge on any atom is 0.124 e. The van der Waals surface area contributed by atoms with Gasteiger partial charge in [0.1, 0.15) is 5.82 Å². The number of rotatable bonds is 5. The Hall–Kier alpha value is -0.970. The first-order valence-corrected chi connectivity index (χ1v) is 7.47. The Bertz CT molecular complexity index is 556. The van der Waals surface area contributed by atoms with E-state index in [9.17, 15) is 4.39 Å². The summed E-state index contributed by atoms with van der Waals surface area (Å²) < 4.78 is 13.0. The molecule has 1 atom stereocenters. The highest BCUT2D eigenvalue weighted by Gasteiger charge is 2.10. The summed E-state index contributed by atoms with van der Waals surface area (Å²) in [6, 6.07) is 4.73. The van der Waals surface area contributed by atoms with Crippen LogP contribution in [0.4, 0.5) is 4.39 Å². The number of aromatic nitrogens is 1. The Balaban J connectivity index is 2.11. The van der Waals surface area contributed by atoms with Crippen molar-refractivity contribution in [3.05, 3.63) is 50.7 Å². The maximum absolute atomic E-state index is 13.0. The van der Waals surface area contributed by atoms with Crippen molar-refractivity contribution in [3.63, 3.8) is 0 Å². The second-order valence-electron chi connectivity index (χ2n) is 4.36. The van der Waals surface area contributed by atoms with Crippen LogP contribution in [0.5, 0.6) is 0 Å². The number of thiazole rings is 1. The Morgan fingerprint density at radius 3 is 2.95 bits per heavy atom. The highest BCUT2D eigenvalue weighted by Crippen LogP contribution is 2.23. The van der Waals surface area contributed by atoms with Crippen molar-refractivity contribution in [1.82, 2.24) is 10.3 Å². The SMILES string of the molecule is CCNC(C)c1csc(Cc2ccc(F)cc2Cl)n1. The molecule has 19 heavy (non-hydrogen) atoms. The van der Waals surface area contributed by atoms with E-state index in [1.165, 1.54) is 12.1 Å². The molecule has 1 N–H and O–H groups in total. The summed E-state index contributed by atoms with van der Waals surface area (Å²) >= 11 is 7.63. The van der Waals surface area contributed by atoms with Crippen molar-refractivity contribution in [2.45, 2.75) is 26.3 Å². The Morgan fingerprint density at radius 1 is 1.47 bits per heavy atom. The molecule has 0 spiro atoms. The summed E-state index contributed by atoms with van der Waals surface area (Å²) in [5.74, 6) is -0.311. The number of benzene rings is 1. The topological polar surface area (TPSA) is 24.9 Å². The smallest absolute Gasteiger partial charge is 0.124 e. The number of hydrogen-bond acceptors (Lipinski definition) is 3. The molecule has 0 aliphatic heterocycles. The minimum absolute atomic E-state index is 0.249. The van der Waals surface area contributed by atoms with Crippen molar-refractivity contribution < 1.29 is 4.39 Å². The summed E-state index contributed by atoms with van der Waals surface area (Å²) in [4.78, 5) is 4.59. The molecular formula is C14H16ClFN2S. The number of nitrogens with zero attached hydrogens (tertiary/aromatic N) is 1. The van der Waals surface area contributed by atoms with E-state index in [1.54, 1.807) is 17.4 Å². The highest BCUT2D eigenvalue weighted by molar-refractivity contribution is 7.09. The number of nitrogens with one attached hydrogen (secondary N) is 1. The van der Waals surface area contributed by atoms with E-state index >= 15 is 0 Å². The quantitative estimate of drug-likeness (QED) is 0.895. The third-order valence-corrected chi connectivity index (χ3v) is 4.10. The van der Waals surface area contributed by atoms with Crippen LogP contribution in [0.3, 0.4) is 0 Å². The average Bonchev–Trinajstić information content (AvgIpc) is 2.82. The predicted molar refractivity (Wildman–Crippen MR) is 78.4 cm³/mol. The molecule has 0 saturated heterocycles. The zero-order chi connectivity index (χ0) is 13.8. The second kappa shape index (κ2) is 6.46. The minimum Gasteiger partial charge on any atom is -0.309 e. The lowest BCUT2D eigenvalue weighted by molar-refractivity contribution is 0.585. The van der Waals surface area contributed by atoms with Crippen molar-refractivity contribution >= 4 is 22.9 Å². The van der Waals surface area contributed by atoms with Gasteiger partial charge in [-0.25, -0.2) is 9.37 Å². The van der Waals surface area contributed by atoms with Gasteiger partial charge in [-0.2, -0.15) is 0 Å². The minimum atomic E-state index is -0.311. The predicted octanol–water partition coefficient (Wildman–Crippen LogP) is 4.20. The van der Waals surface area contributed by atoms with Gasteiger partial charge in [0.05, 0.1) is 10.7 Å². The van der Waals surface area contributed by atoms with Crippen molar-refractivity contribution in [2.75, 3.05) is 6.54 Å². The van der Waals surface area contributed by atoms with E-state index in [-0.39, 0.29) is 11.9 Å². The van der Waals surface area contributed by atoms with E-state index in [2.05, 4.69) is 29.5 Å². The van der Waals surface area contributed by atoms with Gasteiger partial charge in [-0.1, -0.05) is 24.6 Å². The fourth-order valence-electron chi connectivity index (χ4n) is 1.84. The Morgan fingerprint density at radius 2 is 2.26 bits per heavy atom. The standard InChI is InChI=1S/C14H16ClFN2S/c1-3-17-9(2)13-8-19-14(18-13)6-10-4-5-11(16)7-12(10)15/h4-5,7-9,17H,3,6H2,1-2H3. The largest absolute Gasteiger partial charge is 0.309 e. The highest BCUT2D eigenvalue weighted by atomic mass is 35.5. The van der Waals surface area contributed by atoms with Gasteiger partial charge >= 0.3 is 0 Å². The van der Waals surface area contributed by atoms with Gasteiger partial charge < -0.3 is 5.32 Å². The molecule has 0 fully saturated rings. The van der Waals surface area contributed by atoms with Crippen molar-refractivity contribution in [1.29, 1.82) is 0 Å². The molecule has 0 bridgehead atoms. The summed E-state index contributed by atoms with van der Waals surface area (Å²) in [7, 11) is 0. The lowest BCUT2D eigenvalue weighted by atomic mass is 10.1. The number of hydrogen-bond donors (Lipinski definition) is 1. The van der Waals surface area contributed by atoms with E-state index in [0.29, 0.717) is 11.4 Å². The van der Waals surface area contributed by atoms with Gasteiger partial charge in [0.25, 0.3) is 0 Å². The molecule has 102 valence electrons. The second-order valence-corrected chi connectivity index (χ2v) is 5.71. The van der Waals surface area contributed by atoms with E-state index in [4.69, 9.17) is 11.6 Å². The zero-order valence-corrected chi connectivity index (χ0v) is 12.5. The fourth-order valence-corrected chi connectivity index (χ4v) is 2.99. The maximum atomic E-state index is 13.0. The molecule has 2 rings (SSSR count). The van der Waals surface area contributed by atoms with Gasteiger partial charge in [0.2, 0.25) is 0 Å². The summed E-state index contributed by atoms with van der Waals surface area (Å²) in [6.45, 7) is 5.08. The van der Waals surface area contributed by atoms with Gasteiger partial charge in [0, 0.05) is 22.9 Å². The normalized spacial score (nSPS) is 12.6. The molecule has 0 amide bonds. The summed E-state index contributed by atoms with van der Waals surface area (Å²) in [5, 5.41) is 6.83. The van der Waals surface area contributed by atoms with Gasteiger partial charge in [-0.05, 0) is 31.2 Å². The number of halogens is 2. The first-order chi connectivity index (χ1) is 9.10. The molecule has 1 heterocycles. The van der Waals surface area contributed by atoms with Gasteiger partial charge in [0.15, 0.2) is 0 Å². The molecule has 1 unspecified atom stereocenters. The first-order valence-electron chi connectivity index (χ1n) is 6.21. The Labute approximate surface area is 121 Å². The van der Waals surface area contributed by atoms with Crippen LogP contribution in [0.25, 0.3) is 0 Å². The first kappa shape index (κ1) is 14.4. The van der Waals surface area contributed by atoms with Gasteiger partial charge in [-0.3, -0.25) is 0 Å². The van der Waals surface area contributed by atoms with E-state index in [1.807, 2.05) is 0 Å². The van der Waals surface area contributed by atoms with Crippen LogP contribution >= 0.6 is 22.9 Å². The summed E-state index contributed by atoms with van der Waals surface area (Å²) in [5.41, 5.74) is 1.94. The van der Waals surface area contributed by atoms with Gasteiger partial charge in [-0.15, -0.1) is 11.3 Å².